The summed E-state index contributed by atoms with van der Waals surface area (Å²) in [5.74, 6) is 2.17. The van der Waals surface area contributed by atoms with Gasteiger partial charge in [0.2, 0.25) is 0 Å². The maximum atomic E-state index is 6.18. The number of nitrogens with one attached hydrogen (secondary N) is 2. The lowest BCUT2D eigenvalue weighted by molar-refractivity contribution is 0.479. The average Bonchev–Trinajstić information content (AvgIpc) is 2.69. The summed E-state index contributed by atoms with van der Waals surface area (Å²) in [5.41, 5.74) is 8.50. The van der Waals surface area contributed by atoms with Gasteiger partial charge in [0.05, 0.1) is 6.20 Å². The molecule has 7 heteroatoms. The Morgan fingerprint density at radius 3 is 2.38 bits per heavy atom. The van der Waals surface area contributed by atoms with Crippen LogP contribution in [0.15, 0.2) is 54.7 Å². The zero-order valence-corrected chi connectivity index (χ0v) is 17.7. The number of nitrogens with two attached hydrogens (primary N) is 1. The quantitative estimate of drug-likeness (QED) is 0.400. The number of anilines is 1. The zero-order chi connectivity index (χ0) is 20.6. The van der Waals surface area contributed by atoms with Crippen LogP contribution in [0.4, 0.5) is 5.82 Å². The maximum Gasteiger partial charge on any atom is 0.145 e. The molecule has 3 rings (SSSR count). The molecule has 0 fully saturated rings. The van der Waals surface area contributed by atoms with E-state index in [4.69, 9.17) is 33.7 Å². The highest BCUT2D eigenvalue weighted by molar-refractivity contribution is 6.35. The minimum atomic E-state index is 0.593. The van der Waals surface area contributed by atoms with Crippen molar-refractivity contribution in [2.45, 2.75) is 13.0 Å². The first-order valence-electron chi connectivity index (χ1n) is 9.40. The van der Waals surface area contributed by atoms with Crippen LogP contribution in [0.5, 0.6) is 11.5 Å². The van der Waals surface area contributed by atoms with E-state index in [2.05, 4.69) is 21.7 Å². The molecule has 0 amide bonds. The van der Waals surface area contributed by atoms with Crippen LogP contribution in [-0.4, -0.2) is 25.1 Å². The lowest BCUT2D eigenvalue weighted by Gasteiger charge is -2.12. The van der Waals surface area contributed by atoms with Crippen molar-refractivity contribution < 1.29 is 4.74 Å². The highest BCUT2D eigenvalue weighted by Gasteiger charge is 2.08. The number of halogens is 2. The first kappa shape index (κ1) is 21.4. The molecule has 3 aromatic rings. The van der Waals surface area contributed by atoms with Gasteiger partial charge in [-0.3, -0.25) is 0 Å². The Balaban J connectivity index is 1.84. The number of pyridine rings is 1. The fraction of sp³-hybridized carbons (Fsp3) is 0.227. The second-order valence-electron chi connectivity index (χ2n) is 6.60. The highest BCUT2D eigenvalue weighted by Crippen LogP contribution is 2.32. The van der Waals surface area contributed by atoms with E-state index in [1.54, 1.807) is 12.3 Å². The molecule has 0 radical (unpaired) electrons. The van der Waals surface area contributed by atoms with E-state index in [0.29, 0.717) is 28.9 Å². The second-order valence-corrected chi connectivity index (χ2v) is 7.48. The molecule has 152 valence electrons. The molecule has 0 saturated carbocycles. The van der Waals surface area contributed by atoms with E-state index in [1.165, 1.54) is 0 Å². The van der Waals surface area contributed by atoms with Gasteiger partial charge in [0.1, 0.15) is 17.3 Å². The lowest BCUT2D eigenvalue weighted by atomic mass is 10.0. The Morgan fingerprint density at radius 1 is 0.966 bits per heavy atom. The summed E-state index contributed by atoms with van der Waals surface area (Å²) >= 11 is 12.4. The molecule has 2 aromatic carbocycles. The van der Waals surface area contributed by atoms with Crippen LogP contribution in [0.3, 0.4) is 0 Å². The maximum absolute atomic E-state index is 6.18. The van der Waals surface area contributed by atoms with Crippen LogP contribution < -0.4 is 21.1 Å². The molecular weight excluding hydrogens is 407 g/mol. The van der Waals surface area contributed by atoms with Gasteiger partial charge in [-0.25, -0.2) is 4.98 Å². The summed E-state index contributed by atoms with van der Waals surface area (Å²) in [6.45, 7) is 2.15. The number of hydrogen-bond acceptors (Lipinski definition) is 5. The fourth-order valence-corrected chi connectivity index (χ4v) is 3.44. The predicted molar refractivity (Wildman–Crippen MR) is 121 cm³/mol. The van der Waals surface area contributed by atoms with E-state index in [1.807, 2.05) is 43.4 Å². The summed E-state index contributed by atoms with van der Waals surface area (Å²) in [4.78, 5) is 4.39. The summed E-state index contributed by atoms with van der Waals surface area (Å²) in [5, 5.41) is 7.58. The minimum absolute atomic E-state index is 0.593. The third-order valence-corrected chi connectivity index (χ3v) is 4.64. The van der Waals surface area contributed by atoms with Crippen LogP contribution in [0.25, 0.3) is 11.1 Å². The summed E-state index contributed by atoms with van der Waals surface area (Å²) in [6.07, 6.45) is 2.60. The molecule has 0 atom stereocenters. The monoisotopic (exact) mass is 430 g/mol. The van der Waals surface area contributed by atoms with Crippen LogP contribution >= 0.6 is 23.2 Å². The highest BCUT2D eigenvalue weighted by atomic mass is 35.5. The van der Waals surface area contributed by atoms with Crippen molar-refractivity contribution in [2.75, 3.05) is 25.5 Å². The molecule has 0 spiro atoms. The van der Waals surface area contributed by atoms with E-state index in [0.717, 1.165) is 41.2 Å². The van der Waals surface area contributed by atoms with E-state index >= 15 is 0 Å². The minimum Gasteiger partial charge on any atom is -0.456 e. The van der Waals surface area contributed by atoms with Gasteiger partial charge in [-0.05, 0) is 85.2 Å². The largest absolute Gasteiger partial charge is 0.456 e. The molecule has 0 unspecified atom stereocenters. The molecule has 0 bridgehead atoms. The topological polar surface area (TPSA) is 72.2 Å². The van der Waals surface area contributed by atoms with Gasteiger partial charge >= 0.3 is 0 Å². The molecule has 0 saturated heterocycles. The first-order valence-corrected chi connectivity index (χ1v) is 10.2. The third kappa shape index (κ3) is 6.34. The molecule has 1 aromatic heterocycles. The molecule has 0 aliphatic carbocycles. The van der Waals surface area contributed by atoms with Crippen molar-refractivity contribution in [3.8, 4) is 22.6 Å². The van der Waals surface area contributed by atoms with E-state index in [-0.39, 0.29) is 0 Å². The van der Waals surface area contributed by atoms with Crippen molar-refractivity contribution >= 4 is 29.0 Å². The number of rotatable bonds is 9. The van der Waals surface area contributed by atoms with Gasteiger partial charge in [0.15, 0.2) is 0 Å². The van der Waals surface area contributed by atoms with Crippen LogP contribution in [-0.2, 0) is 6.54 Å². The Labute approximate surface area is 181 Å². The molecule has 0 aliphatic heterocycles. The number of aromatic nitrogens is 1. The van der Waals surface area contributed by atoms with Gasteiger partial charge < -0.3 is 21.1 Å². The Bertz CT molecular complexity index is 928. The van der Waals surface area contributed by atoms with Gasteiger partial charge in [0.25, 0.3) is 0 Å². The number of nitrogens with zero attached hydrogens (tertiary/aromatic N) is 1. The number of hydrogen-bond donors (Lipinski definition) is 3. The van der Waals surface area contributed by atoms with E-state index < -0.39 is 0 Å². The van der Waals surface area contributed by atoms with Crippen molar-refractivity contribution in [2.24, 2.45) is 5.73 Å². The smallest absolute Gasteiger partial charge is 0.145 e. The molecule has 0 aliphatic rings. The van der Waals surface area contributed by atoms with Gasteiger partial charge in [-0.15, -0.1) is 0 Å². The Morgan fingerprint density at radius 2 is 1.72 bits per heavy atom. The molecule has 4 N–H and O–H groups in total. The Kier molecular flexibility index (Phi) is 7.72. The second kappa shape index (κ2) is 10.5. The average molecular weight is 431 g/mol. The third-order valence-electron chi connectivity index (χ3n) is 4.20. The summed E-state index contributed by atoms with van der Waals surface area (Å²) < 4.78 is 6.06. The van der Waals surface area contributed by atoms with Crippen molar-refractivity contribution in [1.29, 1.82) is 0 Å². The van der Waals surface area contributed by atoms with Gasteiger partial charge in [-0.1, -0.05) is 23.2 Å². The van der Waals surface area contributed by atoms with Crippen LogP contribution in [0, 0.1) is 0 Å². The normalized spacial score (nSPS) is 10.8. The summed E-state index contributed by atoms with van der Waals surface area (Å²) in [7, 11) is 1.91. The Hall–Kier alpha value is -2.31. The fourth-order valence-electron chi connectivity index (χ4n) is 2.91. The van der Waals surface area contributed by atoms with Crippen molar-refractivity contribution in [1.82, 2.24) is 10.3 Å². The molecule has 1 heterocycles. The van der Waals surface area contributed by atoms with E-state index in [9.17, 15) is 0 Å². The number of ether oxygens (including phenoxy) is 1. The van der Waals surface area contributed by atoms with Crippen molar-refractivity contribution in [3.63, 3.8) is 0 Å². The predicted octanol–water partition coefficient (Wildman–Crippen LogP) is 5.33. The first-order chi connectivity index (χ1) is 14.1. The van der Waals surface area contributed by atoms with Crippen LogP contribution in [0.1, 0.15) is 12.0 Å². The molecule has 5 nitrogen and oxygen atoms in total. The van der Waals surface area contributed by atoms with Crippen molar-refractivity contribution in [3.05, 3.63) is 70.3 Å². The lowest BCUT2D eigenvalue weighted by Crippen LogP contribution is -2.09. The summed E-state index contributed by atoms with van der Waals surface area (Å²) in [6, 6.07) is 15.3. The van der Waals surface area contributed by atoms with Crippen LogP contribution in [0.2, 0.25) is 10.0 Å². The standard InChI is InChI=1S/C22H24Cl2N4O/c1-26-13-15-7-16(17-9-18(23)12-19(24)10-17)11-21(8-15)29-20-3-4-22(28-14-20)27-6-2-5-25/h3-4,7-12,14,26H,2,5-6,13,25H2,1H3,(H,27,28). The molecule has 29 heavy (non-hydrogen) atoms. The number of benzene rings is 2. The molecular formula is C22H24Cl2N4O. The van der Waals surface area contributed by atoms with Gasteiger partial charge in [0, 0.05) is 23.1 Å². The zero-order valence-electron chi connectivity index (χ0n) is 16.2. The SMILES string of the molecule is CNCc1cc(Oc2ccc(NCCCN)nc2)cc(-c2cc(Cl)cc(Cl)c2)c1. The van der Waals surface area contributed by atoms with Gasteiger partial charge in [-0.2, -0.15) is 0 Å².